The van der Waals surface area contributed by atoms with Crippen molar-refractivity contribution < 1.29 is 29.4 Å². The number of carboxylic acids is 2. The highest BCUT2D eigenvalue weighted by Crippen LogP contribution is 2.50. The average Bonchev–Trinajstić information content (AvgIpc) is 3.09. The van der Waals surface area contributed by atoms with Crippen LogP contribution >= 0.6 is 23.1 Å². The van der Waals surface area contributed by atoms with E-state index >= 15 is 0 Å². The van der Waals surface area contributed by atoms with Crippen molar-refractivity contribution in [3.8, 4) is 0 Å². The number of thioether (sulfide) groups is 1. The summed E-state index contributed by atoms with van der Waals surface area (Å²) in [6.45, 7) is 3.36. The fourth-order valence-corrected chi connectivity index (χ4v) is 5.60. The van der Waals surface area contributed by atoms with Crippen LogP contribution in [0.1, 0.15) is 24.6 Å². The number of nitrogens with one attached hydrogen (secondary N) is 1. The third-order valence-electron chi connectivity index (χ3n) is 4.29. The van der Waals surface area contributed by atoms with Crippen LogP contribution in [0.15, 0.2) is 17.5 Å². The van der Waals surface area contributed by atoms with Gasteiger partial charge >= 0.3 is 0 Å². The quantitative estimate of drug-likeness (QED) is 0.455. The van der Waals surface area contributed by atoms with E-state index in [-0.39, 0.29) is 0 Å². The minimum absolute atomic E-state index is 0.299. The number of β-lactam (4-membered cyclic amide) rings is 1. The van der Waals surface area contributed by atoms with Gasteiger partial charge in [0.2, 0.25) is 11.8 Å². The first-order valence-corrected chi connectivity index (χ1v) is 9.16. The maximum Gasteiger partial charge on any atom is 0.249 e. The Labute approximate surface area is 151 Å². The lowest BCUT2D eigenvalue weighted by Crippen LogP contribution is -2.72. The summed E-state index contributed by atoms with van der Waals surface area (Å²) in [5.41, 5.74) is 0. The summed E-state index contributed by atoms with van der Waals surface area (Å²) in [5.74, 6) is -5.84. The second-order valence-electron chi connectivity index (χ2n) is 6.33. The summed E-state index contributed by atoms with van der Waals surface area (Å²) in [6, 6.07) is 1.04. The number of rotatable bonds is 5. The normalized spacial score (nSPS) is 28.0. The number of carbonyl (C=O) groups excluding carboxylic acids is 4. The minimum Gasteiger partial charge on any atom is -0.549 e. The summed E-state index contributed by atoms with van der Waals surface area (Å²) in [4.78, 5) is 48.8. The van der Waals surface area contributed by atoms with Crippen molar-refractivity contribution in [3.63, 3.8) is 0 Å². The lowest BCUT2D eigenvalue weighted by atomic mass is 9.95. The van der Waals surface area contributed by atoms with Crippen LogP contribution in [0.4, 0.5) is 0 Å². The lowest BCUT2D eigenvalue weighted by Gasteiger charge is -2.45. The Morgan fingerprint density at radius 2 is 2.00 bits per heavy atom. The van der Waals surface area contributed by atoms with Crippen LogP contribution in [0, 0.1) is 0 Å². The minimum atomic E-state index is -1.56. The van der Waals surface area contributed by atoms with Crippen LogP contribution in [0.2, 0.25) is 0 Å². The molecule has 0 bridgehead atoms. The molecule has 0 aromatic carbocycles. The number of carbonyl (C=O) groups is 4. The number of hydrogen-bond donors (Lipinski definition) is 1. The molecule has 3 rings (SSSR count). The van der Waals surface area contributed by atoms with Crippen LogP contribution in [0.5, 0.6) is 0 Å². The Hall–Kier alpha value is -2.07. The topological polar surface area (TPSA) is 130 Å². The monoisotopic (exact) mass is 382 g/mol. The summed E-state index contributed by atoms with van der Waals surface area (Å²) < 4.78 is -0.778. The van der Waals surface area contributed by atoms with Gasteiger partial charge in [-0.3, -0.25) is 9.59 Å². The molecule has 2 amide bonds. The summed E-state index contributed by atoms with van der Waals surface area (Å²) in [5, 5.41) is 26.2. The highest BCUT2D eigenvalue weighted by Gasteiger charge is 2.62. The Bertz CT molecular complexity index is 747. The number of hydrogen-bond acceptors (Lipinski definition) is 8. The maximum atomic E-state index is 12.4. The van der Waals surface area contributed by atoms with Gasteiger partial charge in [-0.05, 0) is 25.3 Å². The third kappa shape index (κ3) is 2.78. The molecule has 1 N–H and O–H groups in total. The molecular weight excluding hydrogens is 368 g/mol. The third-order valence-corrected chi connectivity index (χ3v) is 6.80. The van der Waals surface area contributed by atoms with Crippen molar-refractivity contribution in [1.82, 2.24) is 10.2 Å². The van der Waals surface area contributed by atoms with Crippen LogP contribution in [-0.4, -0.2) is 50.9 Å². The molecule has 1 aromatic rings. The Balaban J connectivity index is 1.77. The molecule has 1 aromatic heterocycles. The second-order valence-corrected chi connectivity index (χ2v) is 9.08. The SMILES string of the molecule is CC1(C)S[C@@H]2[C@H](NC(=O)[C@H](C(=O)[O-])c3cccs3)C(=O)N2[C@H]1C(=O)[O-]. The second kappa shape index (κ2) is 6.03. The fourth-order valence-electron chi connectivity index (χ4n) is 3.17. The average molecular weight is 382 g/mol. The smallest absolute Gasteiger partial charge is 0.249 e. The van der Waals surface area contributed by atoms with Gasteiger partial charge in [0.15, 0.2) is 0 Å². The van der Waals surface area contributed by atoms with Gasteiger partial charge in [0.25, 0.3) is 0 Å². The van der Waals surface area contributed by atoms with Crippen molar-refractivity contribution in [2.24, 2.45) is 0 Å². The van der Waals surface area contributed by atoms with E-state index in [9.17, 15) is 29.4 Å². The first-order valence-electron chi connectivity index (χ1n) is 7.40. The van der Waals surface area contributed by atoms with Crippen LogP contribution in [0.25, 0.3) is 0 Å². The Morgan fingerprint density at radius 1 is 1.32 bits per heavy atom. The largest absolute Gasteiger partial charge is 0.549 e. The van der Waals surface area contributed by atoms with E-state index in [1.54, 1.807) is 25.3 Å². The molecule has 134 valence electrons. The molecule has 0 saturated carbocycles. The molecule has 2 saturated heterocycles. The number of carboxylic acid groups (broad SMARTS) is 2. The standard InChI is InChI=1S/C15H16N2O6S2/c1-15(2)9(14(22)23)17-11(19)8(12(17)25-15)16-10(18)7(13(20)21)6-4-3-5-24-6/h3-5,7-9,12H,1-2H3,(H,16,18)(H,20,21)(H,22,23)/p-2/t7-,8-,9+,12-/m1/s1. The van der Waals surface area contributed by atoms with E-state index in [1.165, 1.54) is 22.7 Å². The highest BCUT2D eigenvalue weighted by molar-refractivity contribution is 8.01. The first-order chi connectivity index (χ1) is 11.6. The molecule has 0 unspecified atom stereocenters. The van der Waals surface area contributed by atoms with Crippen molar-refractivity contribution in [1.29, 1.82) is 0 Å². The molecule has 4 atom stereocenters. The molecular formula is C15H14N2O6S2-2. The summed E-state index contributed by atoms with van der Waals surface area (Å²) in [6.07, 6.45) is 0. The number of nitrogens with zero attached hydrogens (tertiary/aromatic N) is 1. The van der Waals surface area contributed by atoms with Gasteiger partial charge in [-0.15, -0.1) is 23.1 Å². The van der Waals surface area contributed by atoms with Gasteiger partial charge < -0.3 is 30.0 Å². The van der Waals surface area contributed by atoms with Gasteiger partial charge in [0, 0.05) is 9.62 Å². The van der Waals surface area contributed by atoms with Gasteiger partial charge in [-0.25, -0.2) is 0 Å². The van der Waals surface area contributed by atoms with E-state index in [1.807, 2.05) is 0 Å². The molecule has 0 spiro atoms. The zero-order chi connectivity index (χ0) is 18.5. The van der Waals surface area contributed by atoms with Crippen molar-refractivity contribution in [3.05, 3.63) is 22.4 Å². The molecule has 8 nitrogen and oxygen atoms in total. The number of fused-ring (bicyclic) bond motifs is 1. The lowest BCUT2D eigenvalue weighted by molar-refractivity contribution is -0.312. The zero-order valence-corrected chi connectivity index (χ0v) is 14.9. The number of thiophene rings is 1. The Morgan fingerprint density at radius 3 is 2.52 bits per heavy atom. The van der Waals surface area contributed by atoms with Crippen molar-refractivity contribution in [2.45, 2.75) is 42.0 Å². The molecule has 0 aliphatic carbocycles. The number of amides is 2. The maximum absolute atomic E-state index is 12.4. The fraction of sp³-hybridized carbons (Fsp3) is 0.467. The molecule has 10 heteroatoms. The molecule has 0 radical (unpaired) electrons. The van der Waals surface area contributed by atoms with E-state index in [0.29, 0.717) is 4.88 Å². The number of aliphatic carboxylic acids is 2. The molecule has 3 heterocycles. The highest BCUT2D eigenvalue weighted by atomic mass is 32.2. The van der Waals surface area contributed by atoms with Crippen LogP contribution in [-0.2, 0) is 19.2 Å². The van der Waals surface area contributed by atoms with E-state index in [4.69, 9.17) is 0 Å². The predicted octanol–water partition coefficient (Wildman–Crippen LogP) is -2.12. The van der Waals surface area contributed by atoms with E-state index < -0.39 is 51.9 Å². The molecule has 2 aliphatic heterocycles. The summed E-state index contributed by atoms with van der Waals surface area (Å²) >= 11 is 2.33. The van der Waals surface area contributed by atoms with Gasteiger partial charge in [0.1, 0.15) is 17.3 Å². The van der Waals surface area contributed by atoms with Crippen molar-refractivity contribution in [2.75, 3.05) is 0 Å². The van der Waals surface area contributed by atoms with Crippen molar-refractivity contribution >= 4 is 46.9 Å². The first kappa shape index (κ1) is 17.7. The molecule has 25 heavy (non-hydrogen) atoms. The predicted molar refractivity (Wildman–Crippen MR) is 85.1 cm³/mol. The molecule has 2 fully saturated rings. The molecule has 2 aliphatic rings. The van der Waals surface area contributed by atoms with E-state index in [2.05, 4.69) is 5.32 Å². The zero-order valence-electron chi connectivity index (χ0n) is 13.3. The van der Waals surface area contributed by atoms with Crippen LogP contribution < -0.4 is 15.5 Å². The van der Waals surface area contributed by atoms with E-state index in [0.717, 1.165) is 11.3 Å². The van der Waals surface area contributed by atoms with Gasteiger partial charge in [-0.1, -0.05) is 6.07 Å². The summed E-state index contributed by atoms with van der Waals surface area (Å²) in [7, 11) is 0. The Kier molecular flexibility index (Phi) is 4.28. The van der Waals surface area contributed by atoms with Gasteiger partial charge in [0.05, 0.1) is 18.0 Å². The van der Waals surface area contributed by atoms with Crippen LogP contribution in [0.3, 0.4) is 0 Å². The van der Waals surface area contributed by atoms with Gasteiger partial charge in [-0.2, -0.15) is 0 Å².